The molecule has 0 aliphatic carbocycles. The molecule has 0 atom stereocenters. The standard InChI is InChI=1S/C10H20N2O4.2Na/c1-3-11(7-9(13)14)5-6-12(4-2)8-10(15)16;;/h3-8H2,1-2H3,(H,13,14)(H,15,16);;/q;2*+1/p-2. The van der Waals surface area contributed by atoms with Gasteiger partial charge in [0, 0.05) is 26.2 Å². The Balaban J connectivity index is -0.00000112. The summed E-state index contributed by atoms with van der Waals surface area (Å²) in [6.45, 7) is 5.64. The largest absolute Gasteiger partial charge is 1.00 e. The van der Waals surface area contributed by atoms with Crippen LogP contribution >= 0.6 is 0 Å². The predicted molar refractivity (Wildman–Crippen MR) is 54.2 cm³/mol. The van der Waals surface area contributed by atoms with Crippen molar-refractivity contribution in [3.8, 4) is 0 Å². The van der Waals surface area contributed by atoms with Crippen molar-refractivity contribution >= 4 is 11.9 Å². The summed E-state index contributed by atoms with van der Waals surface area (Å²) in [5, 5.41) is 20.8. The second-order valence-corrected chi connectivity index (χ2v) is 3.48. The number of carbonyl (C=O) groups is 2. The van der Waals surface area contributed by atoms with Gasteiger partial charge in [-0.15, -0.1) is 0 Å². The first-order valence-electron chi connectivity index (χ1n) is 5.34. The van der Waals surface area contributed by atoms with Crippen molar-refractivity contribution in [2.45, 2.75) is 13.8 Å². The van der Waals surface area contributed by atoms with E-state index in [1.807, 2.05) is 13.8 Å². The molecule has 0 aromatic carbocycles. The Morgan fingerprint density at radius 2 is 1.11 bits per heavy atom. The number of nitrogens with zero attached hydrogens (tertiary/aromatic N) is 2. The van der Waals surface area contributed by atoms with Crippen LogP contribution in [-0.4, -0.2) is 61.0 Å². The van der Waals surface area contributed by atoms with Gasteiger partial charge in [0.15, 0.2) is 0 Å². The summed E-state index contributed by atoms with van der Waals surface area (Å²) in [5.41, 5.74) is 0. The van der Waals surface area contributed by atoms with Crippen molar-refractivity contribution in [1.29, 1.82) is 0 Å². The molecule has 0 spiro atoms. The third-order valence-electron chi connectivity index (χ3n) is 2.33. The topological polar surface area (TPSA) is 86.7 Å². The van der Waals surface area contributed by atoms with Gasteiger partial charge >= 0.3 is 59.1 Å². The number of carboxylic acids is 2. The summed E-state index contributed by atoms with van der Waals surface area (Å²) in [7, 11) is 0. The fourth-order valence-corrected chi connectivity index (χ4v) is 1.35. The normalized spacial score (nSPS) is 9.78. The van der Waals surface area contributed by atoms with Gasteiger partial charge in [-0.25, -0.2) is 0 Å². The molecule has 0 radical (unpaired) electrons. The van der Waals surface area contributed by atoms with Gasteiger partial charge in [0.1, 0.15) is 0 Å². The van der Waals surface area contributed by atoms with Crippen LogP contribution in [0.1, 0.15) is 13.8 Å². The van der Waals surface area contributed by atoms with Gasteiger partial charge in [0.2, 0.25) is 0 Å². The van der Waals surface area contributed by atoms with E-state index in [-0.39, 0.29) is 72.2 Å². The number of carboxylic acid groups (broad SMARTS) is 2. The van der Waals surface area contributed by atoms with Crippen molar-refractivity contribution in [2.75, 3.05) is 39.3 Å². The summed E-state index contributed by atoms with van der Waals surface area (Å²) >= 11 is 0. The van der Waals surface area contributed by atoms with Crippen LogP contribution < -0.4 is 69.3 Å². The fraction of sp³-hybridized carbons (Fsp3) is 0.800. The van der Waals surface area contributed by atoms with Crippen LogP contribution in [0, 0.1) is 0 Å². The molecule has 0 fully saturated rings. The van der Waals surface area contributed by atoms with Gasteiger partial charge in [-0.2, -0.15) is 0 Å². The first-order chi connectivity index (χ1) is 7.49. The molecule has 94 valence electrons. The van der Waals surface area contributed by atoms with Crippen LogP contribution in [-0.2, 0) is 9.59 Å². The number of rotatable bonds is 9. The molecular formula is C10H18N2Na2O4. The molecule has 18 heavy (non-hydrogen) atoms. The fourth-order valence-electron chi connectivity index (χ4n) is 1.35. The van der Waals surface area contributed by atoms with Crippen molar-refractivity contribution in [1.82, 2.24) is 9.80 Å². The van der Waals surface area contributed by atoms with E-state index in [0.29, 0.717) is 26.2 Å². The maximum atomic E-state index is 10.4. The first kappa shape index (κ1) is 23.9. The minimum Gasteiger partial charge on any atom is -0.549 e. The number of likely N-dealkylation sites (N-methyl/N-ethyl adjacent to an activating group) is 2. The Kier molecular flexibility index (Phi) is 19.0. The van der Waals surface area contributed by atoms with Crippen LogP contribution in [0.25, 0.3) is 0 Å². The van der Waals surface area contributed by atoms with Crippen LogP contribution in [0.5, 0.6) is 0 Å². The van der Waals surface area contributed by atoms with E-state index in [4.69, 9.17) is 0 Å². The zero-order chi connectivity index (χ0) is 12.6. The van der Waals surface area contributed by atoms with Gasteiger partial charge in [-0.1, -0.05) is 13.8 Å². The molecular weight excluding hydrogens is 258 g/mol. The molecule has 0 heterocycles. The summed E-state index contributed by atoms with van der Waals surface area (Å²) in [6.07, 6.45) is 0. The van der Waals surface area contributed by atoms with E-state index in [9.17, 15) is 19.8 Å². The van der Waals surface area contributed by atoms with Crippen molar-refractivity contribution < 1.29 is 78.9 Å². The molecule has 0 amide bonds. The van der Waals surface area contributed by atoms with Crippen LogP contribution in [0.15, 0.2) is 0 Å². The zero-order valence-corrected chi connectivity index (χ0v) is 15.8. The number of aliphatic carboxylic acids is 2. The smallest absolute Gasteiger partial charge is 0.549 e. The maximum Gasteiger partial charge on any atom is 1.00 e. The summed E-state index contributed by atoms with van der Waals surface area (Å²) in [4.78, 5) is 24.2. The van der Waals surface area contributed by atoms with E-state index >= 15 is 0 Å². The molecule has 0 aliphatic heterocycles. The molecule has 0 aromatic heterocycles. The molecule has 0 aliphatic rings. The summed E-state index contributed by atoms with van der Waals surface area (Å²) in [5.74, 6) is -2.24. The summed E-state index contributed by atoms with van der Waals surface area (Å²) < 4.78 is 0. The number of carbonyl (C=O) groups excluding carboxylic acids is 2. The average Bonchev–Trinajstić information content (AvgIpc) is 2.20. The van der Waals surface area contributed by atoms with Gasteiger partial charge in [0.05, 0.1) is 11.9 Å². The van der Waals surface area contributed by atoms with Crippen LogP contribution in [0.3, 0.4) is 0 Å². The first-order valence-corrected chi connectivity index (χ1v) is 5.34. The van der Waals surface area contributed by atoms with Gasteiger partial charge < -0.3 is 19.8 Å². The molecule has 0 unspecified atom stereocenters. The van der Waals surface area contributed by atoms with E-state index in [1.54, 1.807) is 9.80 Å². The maximum absolute atomic E-state index is 10.4. The molecule has 0 saturated heterocycles. The minimum atomic E-state index is -1.12. The Bertz CT molecular complexity index is 218. The number of hydrogen-bond acceptors (Lipinski definition) is 6. The molecule has 0 bridgehead atoms. The number of hydrogen-bond donors (Lipinski definition) is 0. The molecule has 0 N–H and O–H groups in total. The third kappa shape index (κ3) is 13.3. The van der Waals surface area contributed by atoms with Crippen LogP contribution in [0.4, 0.5) is 0 Å². The van der Waals surface area contributed by atoms with Crippen molar-refractivity contribution in [2.24, 2.45) is 0 Å². The van der Waals surface area contributed by atoms with E-state index in [2.05, 4.69) is 0 Å². The Morgan fingerprint density at radius 3 is 1.28 bits per heavy atom. The van der Waals surface area contributed by atoms with Crippen LogP contribution in [0.2, 0.25) is 0 Å². The monoisotopic (exact) mass is 276 g/mol. The molecule has 0 rings (SSSR count). The molecule has 8 heteroatoms. The van der Waals surface area contributed by atoms with E-state index in [0.717, 1.165) is 0 Å². The third-order valence-corrected chi connectivity index (χ3v) is 2.33. The van der Waals surface area contributed by atoms with Gasteiger partial charge in [-0.3, -0.25) is 9.80 Å². The zero-order valence-electron chi connectivity index (χ0n) is 11.8. The Hall–Kier alpha value is 0.860. The second-order valence-electron chi connectivity index (χ2n) is 3.48. The van der Waals surface area contributed by atoms with E-state index in [1.165, 1.54) is 0 Å². The SMILES string of the molecule is CCN(CCN(CC)CC(=O)[O-])CC(=O)[O-].[Na+].[Na+]. The van der Waals surface area contributed by atoms with Gasteiger partial charge in [0.25, 0.3) is 0 Å². The quantitative estimate of drug-likeness (QED) is 0.389. The van der Waals surface area contributed by atoms with E-state index < -0.39 is 11.9 Å². The minimum absolute atomic E-state index is 0. The van der Waals surface area contributed by atoms with Crippen molar-refractivity contribution in [3.63, 3.8) is 0 Å². The average molecular weight is 276 g/mol. The molecule has 0 aromatic rings. The Morgan fingerprint density at radius 1 is 0.833 bits per heavy atom. The summed E-state index contributed by atoms with van der Waals surface area (Å²) in [6, 6.07) is 0. The van der Waals surface area contributed by atoms with Gasteiger partial charge in [-0.05, 0) is 13.1 Å². The second kappa shape index (κ2) is 14.3. The molecule has 6 nitrogen and oxygen atoms in total. The Labute approximate surface area is 152 Å². The van der Waals surface area contributed by atoms with Crippen molar-refractivity contribution in [3.05, 3.63) is 0 Å². The molecule has 0 saturated carbocycles. The predicted octanol–water partition coefficient (Wildman–Crippen LogP) is -8.86.